The number of aromatic nitrogens is 1. The van der Waals surface area contributed by atoms with Crippen molar-refractivity contribution in [3.05, 3.63) is 52.9 Å². The maximum atomic E-state index is 13.8. The molecule has 1 aliphatic rings. The van der Waals surface area contributed by atoms with Crippen molar-refractivity contribution < 1.29 is 14.0 Å². The number of pyridine rings is 1. The fourth-order valence-corrected chi connectivity index (χ4v) is 4.48. The molecule has 4 rings (SSSR count). The topological polar surface area (TPSA) is 137 Å². The Bertz CT molecular complexity index is 1270. The maximum absolute atomic E-state index is 13.8. The van der Waals surface area contributed by atoms with E-state index in [1.165, 1.54) is 38.4 Å². The van der Waals surface area contributed by atoms with Crippen LogP contribution in [0.2, 0.25) is 5.02 Å². The number of rotatable bonds is 5. The molecule has 0 bridgehead atoms. The van der Waals surface area contributed by atoms with E-state index >= 15 is 0 Å². The summed E-state index contributed by atoms with van der Waals surface area (Å²) >= 11 is 5.94. The van der Waals surface area contributed by atoms with E-state index in [0.29, 0.717) is 39.3 Å². The molecule has 0 saturated heterocycles. The zero-order chi connectivity index (χ0) is 27.3. The lowest BCUT2D eigenvalue weighted by molar-refractivity contribution is -0.124. The highest BCUT2D eigenvalue weighted by molar-refractivity contribution is 6.33. The largest absolute Gasteiger partial charge is 0.398 e. The molecule has 1 aromatic heterocycles. The van der Waals surface area contributed by atoms with Gasteiger partial charge in [0.15, 0.2) is 5.78 Å². The monoisotopic (exact) mass is 527 g/mol. The smallest absolute Gasteiger partial charge is 0.237 e. The normalized spacial score (nSPS) is 14.7. The fraction of sp³-hybridized carbons (Fsp3) is 0.393. The van der Waals surface area contributed by atoms with Gasteiger partial charge in [-0.1, -0.05) is 50.8 Å². The Morgan fingerprint density at radius 1 is 1.05 bits per heavy atom. The second-order valence-corrected chi connectivity index (χ2v) is 10.2. The zero-order valence-electron chi connectivity index (χ0n) is 21.5. The highest BCUT2D eigenvalue weighted by Crippen LogP contribution is 2.33. The van der Waals surface area contributed by atoms with E-state index in [2.05, 4.69) is 10.3 Å². The highest BCUT2D eigenvalue weighted by Gasteiger charge is 2.21. The lowest BCUT2D eigenvalue weighted by Gasteiger charge is -2.25. The zero-order valence-corrected chi connectivity index (χ0v) is 22.2. The molecule has 1 fully saturated rings. The molecule has 7 nitrogen and oxygen atoms in total. The van der Waals surface area contributed by atoms with Crippen molar-refractivity contribution in [2.75, 3.05) is 11.5 Å². The number of Topliss-reactive ketones (excluding diaryl/α,β-unsaturated/α-hetero) is 1. The van der Waals surface area contributed by atoms with Gasteiger partial charge >= 0.3 is 0 Å². The number of ketones is 1. The first-order valence-electron chi connectivity index (χ1n) is 12.5. The van der Waals surface area contributed by atoms with E-state index in [0.717, 1.165) is 12.8 Å². The molecule has 1 heterocycles. The van der Waals surface area contributed by atoms with Crippen molar-refractivity contribution in [3.63, 3.8) is 0 Å². The van der Waals surface area contributed by atoms with Crippen LogP contribution in [-0.2, 0) is 4.79 Å². The molecule has 2 aromatic carbocycles. The minimum absolute atomic E-state index is 0.0203. The molecule has 1 saturated carbocycles. The summed E-state index contributed by atoms with van der Waals surface area (Å²) in [5, 5.41) is 3.81. The molecule has 37 heavy (non-hydrogen) atoms. The summed E-state index contributed by atoms with van der Waals surface area (Å²) < 4.78 is 13.8. The average molecular weight is 528 g/mol. The minimum atomic E-state index is -0.587. The molecule has 0 spiro atoms. The lowest BCUT2D eigenvalue weighted by atomic mass is 9.94. The van der Waals surface area contributed by atoms with Gasteiger partial charge in [0, 0.05) is 17.6 Å². The number of nitrogens with two attached hydrogens (primary N) is 3. The first-order valence-corrected chi connectivity index (χ1v) is 12.9. The molecule has 3 aromatic rings. The predicted octanol–water partition coefficient (Wildman–Crippen LogP) is 5.48. The van der Waals surface area contributed by atoms with E-state index in [9.17, 15) is 14.0 Å². The number of nitrogens with one attached hydrogen (secondary N) is 1. The Kier molecular flexibility index (Phi) is 9.45. The summed E-state index contributed by atoms with van der Waals surface area (Å²) in [5.74, 6) is -0.509. The Morgan fingerprint density at radius 2 is 1.73 bits per heavy atom. The quantitative estimate of drug-likeness (QED) is 0.256. The van der Waals surface area contributed by atoms with E-state index in [1.54, 1.807) is 24.3 Å². The molecule has 1 unspecified atom stereocenters. The number of carbonyl (C=O) groups is 2. The summed E-state index contributed by atoms with van der Waals surface area (Å²) in [6, 6.07) is 8.21. The van der Waals surface area contributed by atoms with E-state index < -0.39 is 5.82 Å². The predicted molar refractivity (Wildman–Crippen MR) is 149 cm³/mol. The lowest BCUT2D eigenvalue weighted by Crippen LogP contribution is -2.48. The van der Waals surface area contributed by atoms with Crippen LogP contribution < -0.4 is 22.5 Å². The van der Waals surface area contributed by atoms with Gasteiger partial charge in [-0.2, -0.15) is 0 Å². The molecule has 7 N–H and O–H groups in total. The summed E-state index contributed by atoms with van der Waals surface area (Å²) in [6.45, 7) is 5.38. The fourth-order valence-electron chi connectivity index (χ4n) is 4.27. The molecule has 0 radical (unpaired) electrons. The molecule has 1 atom stereocenters. The summed E-state index contributed by atoms with van der Waals surface area (Å²) in [4.78, 5) is 27.4. The van der Waals surface area contributed by atoms with E-state index in [-0.39, 0.29) is 34.4 Å². The van der Waals surface area contributed by atoms with Gasteiger partial charge in [-0.15, -0.1) is 0 Å². The first kappa shape index (κ1) is 28.3. The summed E-state index contributed by atoms with van der Waals surface area (Å²) in [6.07, 6.45) is 7.48. The van der Waals surface area contributed by atoms with Gasteiger partial charge in [0.2, 0.25) is 5.91 Å². The number of carbonyl (C=O) groups excluding carboxylic acids is 2. The van der Waals surface area contributed by atoms with Gasteiger partial charge in [0.25, 0.3) is 0 Å². The van der Waals surface area contributed by atoms with Gasteiger partial charge in [-0.3, -0.25) is 14.6 Å². The van der Waals surface area contributed by atoms with Crippen LogP contribution in [0.15, 0.2) is 36.5 Å². The summed E-state index contributed by atoms with van der Waals surface area (Å²) in [7, 11) is 0. The van der Waals surface area contributed by atoms with Crippen LogP contribution in [0, 0.1) is 11.7 Å². The third kappa shape index (κ3) is 6.96. The minimum Gasteiger partial charge on any atom is -0.398 e. The Labute approximate surface area is 221 Å². The van der Waals surface area contributed by atoms with Crippen molar-refractivity contribution in [2.45, 2.75) is 65.0 Å². The number of amides is 1. The van der Waals surface area contributed by atoms with E-state index in [1.807, 2.05) is 13.8 Å². The number of benzene rings is 2. The number of hydrogen-bond acceptors (Lipinski definition) is 6. The van der Waals surface area contributed by atoms with Crippen LogP contribution >= 0.6 is 11.6 Å². The van der Waals surface area contributed by atoms with E-state index in [4.69, 9.17) is 28.8 Å². The molecular formula is C28H35ClFN5O2. The number of halogens is 2. The van der Waals surface area contributed by atoms with Crippen LogP contribution in [0.3, 0.4) is 0 Å². The van der Waals surface area contributed by atoms with Gasteiger partial charge in [0.1, 0.15) is 5.82 Å². The maximum Gasteiger partial charge on any atom is 0.237 e. The second-order valence-electron chi connectivity index (χ2n) is 9.84. The number of nitrogen functional groups attached to an aromatic ring is 2. The molecular weight excluding hydrogens is 493 g/mol. The molecule has 9 heteroatoms. The number of fused-ring (bicyclic) bond motifs is 1. The number of hydrogen-bond donors (Lipinski definition) is 4. The molecule has 198 valence electrons. The Hall–Kier alpha value is -3.23. The van der Waals surface area contributed by atoms with Crippen LogP contribution in [0.4, 0.5) is 15.8 Å². The van der Waals surface area contributed by atoms with Crippen molar-refractivity contribution in [2.24, 2.45) is 11.7 Å². The second kappa shape index (κ2) is 12.3. The molecule has 1 aliphatic carbocycles. The van der Waals surface area contributed by atoms with Gasteiger partial charge in [0.05, 0.1) is 33.5 Å². The third-order valence-electron chi connectivity index (χ3n) is 6.67. The van der Waals surface area contributed by atoms with Gasteiger partial charge in [-0.25, -0.2) is 4.39 Å². The van der Waals surface area contributed by atoms with Crippen molar-refractivity contribution >= 4 is 45.6 Å². The standard InChI is InChI=1S/C17H13ClFN3O.C11H22N2O/c1-8(23)12-7-22-15-3-2-9(4-11(15)16(12)20)10-5-13(18)17(21)14(19)6-10;1-8(2)10(12)11(14)13-9-6-4-3-5-7-9/h2-7H,21H2,1H3,(H2,20,22);8-10H,3-7,12H2,1-2H3,(H,13,14). The van der Waals surface area contributed by atoms with Crippen molar-refractivity contribution in [3.8, 4) is 11.1 Å². The first-order chi connectivity index (χ1) is 17.5. The SMILES string of the molecule is CC(=O)c1cnc2ccc(-c3cc(F)c(N)c(Cl)c3)cc2c1N.CC(C)C(N)C(=O)NC1CCCCC1. The van der Waals surface area contributed by atoms with Crippen LogP contribution in [0.25, 0.3) is 22.0 Å². The molecule has 0 aliphatic heterocycles. The van der Waals surface area contributed by atoms with Crippen LogP contribution in [0.1, 0.15) is 63.2 Å². The van der Waals surface area contributed by atoms with Crippen LogP contribution in [0.5, 0.6) is 0 Å². The summed E-state index contributed by atoms with van der Waals surface area (Å²) in [5.41, 5.74) is 19.9. The number of anilines is 2. The van der Waals surface area contributed by atoms with Gasteiger partial charge in [-0.05, 0) is 61.1 Å². The van der Waals surface area contributed by atoms with Crippen molar-refractivity contribution in [1.82, 2.24) is 10.3 Å². The van der Waals surface area contributed by atoms with Crippen LogP contribution in [-0.4, -0.2) is 28.8 Å². The Morgan fingerprint density at radius 3 is 2.32 bits per heavy atom. The number of nitrogens with zero attached hydrogens (tertiary/aromatic N) is 1. The van der Waals surface area contributed by atoms with Gasteiger partial charge < -0.3 is 22.5 Å². The third-order valence-corrected chi connectivity index (χ3v) is 6.99. The Balaban J connectivity index is 0.000000233. The van der Waals surface area contributed by atoms with Crippen molar-refractivity contribution in [1.29, 1.82) is 0 Å². The average Bonchev–Trinajstić information content (AvgIpc) is 2.87. The highest BCUT2D eigenvalue weighted by atomic mass is 35.5. The molecule has 1 amide bonds.